The lowest BCUT2D eigenvalue weighted by Gasteiger charge is -2.12. The van der Waals surface area contributed by atoms with E-state index in [-0.39, 0.29) is 11.8 Å². The van der Waals surface area contributed by atoms with Crippen LogP contribution in [0.15, 0.2) is 30.5 Å². The first-order valence-corrected chi connectivity index (χ1v) is 8.97. The molecule has 2 heterocycles. The zero-order chi connectivity index (χ0) is 19.6. The SMILES string of the molecule is CCCNC(=O)c1ccc(Cl)cc1NC(=O)c1cnc2c(c1)c(C)nn2C. The minimum Gasteiger partial charge on any atom is -0.352 e. The van der Waals surface area contributed by atoms with Gasteiger partial charge in [0, 0.05) is 30.2 Å². The predicted molar refractivity (Wildman–Crippen MR) is 105 cm³/mol. The normalized spacial score (nSPS) is 10.8. The maximum Gasteiger partial charge on any atom is 0.257 e. The minimum atomic E-state index is -0.375. The van der Waals surface area contributed by atoms with E-state index in [1.54, 1.807) is 36.0 Å². The number of aromatic nitrogens is 3. The van der Waals surface area contributed by atoms with Gasteiger partial charge in [-0.25, -0.2) is 4.98 Å². The van der Waals surface area contributed by atoms with Crippen molar-refractivity contribution in [3.63, 3.8) is 0 Å². The van der Waals surface area contributed by atoms with Gasteiger partial charge in [0.05, 0.1) is 22.5 Å². The van der Waals surface area contributed by atoms with Crippen molar-refractivity contribution in [2.75, 3.05) is 11.9 Å². The molecule has 27 heavy (non-hydrogen) atoms. The summed E-state index contributed by atoms with van der Waals surface area (Å²) in [5.74, 6) is -0.639. The van der Waals surface area contributed by atoms with Gasteiger partial charge in [-0.3, -0.25) is 14.3 Å². The molecule has 0 aliphatic carbocycles. The Labute approximate surface area is 161 Å². The Kier molecular flexibility index (Phi) is 5.41. The third-order valence-corrected chi connectivity index (χ3v) is 4.37. The second kappa shape index (κ2) is 7.75. The fraction of sp³-hybridized carbons (Fsp3) is 0.263. The van der Waals surface area contributed by atoms with Gasteiger partial charge < -0.3 is 10.6 Å². The van der Waals surface area contributed by atoms with E-state index >= 15 is 0 Å². The Hall–Kier alpha value is -2.93. The maximum atomic E-state index is 12.7. The summed E-state index contributed by atoms with van der Waals surface area (Å²) in [6.45, 7) is 4.38. The summed E-state index contributed by atoms with van der Waals surface area (Å²) in [4.78, 5) is 29.4. The van der Waals surface area contributed by atoms with Crippen LogP contribution in [0, 0.1) is 6.92 Å². The van der Waals surface area contributed by atoms with Crippen molar-refractivity contribution in [2.24, 2.45) is 7.05 Å². The van der Waals surface area contributed by atoms with Gasteiger partial charge in [0.15, 0.2) is 5.65 Å². The quantitative estimate of drug-likeness (QED) is 0.705. The topological polar surface area (TPSA) is 88.9 Å². The third kappa shape index (κ3) is 3.93. The number of nitrogens with zero attached hydrogens (tertiary/aromatic N) is 3. The molecule has 0 spiro atoms. The number of hydrogen-bond acceptors (Lipinski definition) is 4. The lowest BCUT2D eigenvalue weighted by atomic mass is 10.1. The predicted octanol–water partition coefficient (Wildman–Crippen LogP) is 3.32. The van der Waals surface area contributed by atoms with Crippen LogP contribution in [-0.4, -0.2) is 33.1 Å². The molecule has 2 N–H and O–H groups in total. The fourth-order valence-electron chi connectivity index (χ4n) is 2.78. The number of halogens is 1. The number of carbonyl (C=O) groups is 2. The number of benzene rings is 1. The molecule has 0 radical (unpaired) electrons. The average molecular weight is 386 g/mol. The van der Waals surface area contributed by atoms with Gasteiger partial charge in [-0.05, 0) is 37.6 Å². The molecular formula is C19H20ClN5O2. The number of pyridine rings is 1. The smallest absolute Gasteiger partial charge is 0.257 e. The highest BCUT2D eigenvalue weighted by Gasteiger charge is 2.16. The van der Waals surface area contributed by atoms with Gasteiger partial charge in [-0.15, -0.1) is 0 Å². The molecule has 2 amide bonds. The Morgan fingerprint density at radius 3 is 2.74 bits per heavy atom. The average Bonchev–Trinajstić information content (AvgIpc) is 2.93. The maximum absolute atomic E-state index is 12.7. The van der Waals surface area contributed by atoms with Crippen LogP contribution in [0.2, 0.25) is 5.02 Å². The molecule has 0 aliphatic heterocycles. The molecule has 0 aliphatic rings. The zero-order valence-corrected chi connectivity index (χ0v) is 16.1. The number of nitrogens with one attached hydrogen (secondary N) is 2. The first kappa shape index (κ1) is 18.8. The molecule has 1 aromatic carbocycles. The van der Waals surface area contributed by atoms with E-state index in [9.17, 15) is 9.59 Å². The van der Waals surface area contributed by atoms with E-state index in [4.69, 9.17) is 11.6 Å². The number of carbonyl (C=O) groups excluding carboxylic acids is 2. The van der Waals surface area contributed by atoms with E-state index in [1.807, 2.05) is 13.8 Å². The Bertz CT molecular complexity index is 1030. The van der Waals surface area contributed by atoms with E-state index in [0.29, 0.717) is 34.0 Å². The summed E-state index contributed by atoms with van der Waals surface area (Å²) in [6.07, 6.45) is 2.30. The second-order valence-corrected chi connectivity index (χ2v) is 6.64. The Balaban J connectivity index is 1.90. The van der Waals surface area contributed by atoms with E-state index in [0.717, 1.165) is 17.5 Å². The third-order valence-electron chi connectivity index (χ3n) is 4.14. The largest absolute Gasteiger partial charge is 0.352 e. The highest BCUT2D eigenvalue weighted by atomic mass is 35.5. The summed E-state index contributed by atoms with van der Waals surface area (Å²) in [6, 6.07) is 6.50. The second-order valence-electron chi connectivity index (χ2n) is 6.20. The number of fused-ring (bicyclic) bond motifs is 1. The molecule has 3 rings (SSSR count). The molecule has 0 unspecified atom stereocenters. The van der Waals surface area contributed by atoms with Crippen LogP contribution in [0.4, 0.5) is 5.69 Å². The van der Waals surface area contributed by atoms with Crippen LogP contribution in [0.1, 0.15) is 39.8 Å². The lowest BCUT2D eigenvalue weighted by molar-refractivity contribution is 0.0954. The number of hydrogen-bond donors (Lipinski definition) is 2. The van der Waals surface area contributed by atoms with E-state index < -0.39 is 0 Å². The number of anilines is 1. The molecule has 140 valence electrons. The van der Waals surface area contributed by atoms with Crippen molar-refractivity contribution in [2.45, 2.75) is 20.3 Å². The Morgan fingerprint density at radius 1 is 1.22 bits per heavy atom. The number of rotatable bonds is 5. The van der Waals surface area contributed by atoms with Crippen molar-refractivity contribution in [3.05, 3.63) is 52.3 Å². The van der Waals surface area contributed by atoms with Gasteiger partial charge in [-0.2, -0.15) is 5.10 Å². The zero-order valence-electron chi connectivity index (χ0n) is 15.3. The van der Waals surface area contributed by atoms with Crippen molar-refractivity contribution in [1.29, 1.82) is 0 Å². The van der Waals surface area contributed by atoms with Crippen molar-refractivity contribution < 1.29 is 9.59 Å². The summed E-state index contributed by atoms with van der Waals surface area (Å²) >= 11 is 6.05. The molecule has 0 atom stereocenters. The number of aryl methyl sites for hydroxylation is 2. The Morgan fingerprint density at radius 2 is 2.00 bits per heavy atom. The summed E-state index contributed by atoms with van der Waals surface area (Å²) in [5, 5.41) is 11.1. The summed E-state index contributed by atoms with van der Waals surface area (Å²) in [7, 11) is 1.80. The van der Waals surface area contributed by atoms with Gasteiger partial charge >= 0.3 is 0 Å². The molecule has 0 bridgehead atoms. The first-order valence-electron chi connectivity index (χ1n) is 8.59. The van der Waals surface area contributed by atoms with Crippen LogP contribution in [0.25, 0.3) is 11.0 Å². The standard InChI is InChI=1S/C19H20ClN5O2/c1-4-7-21-19(27)14-6-5-13(20)9-16(14)23-18(26)12-8-15-11(2)24-25(3)17(15)22-10-12/h5-6,8-10H,4,7H2,1-3H3,(H,21,27)(H,23,26). The molecule has 3 aromatic rings. The number of amides is 2. The molecule has 0 fully saturated rings. The van der Waals surface area contributed by atoms with Crippen LogP contribution in [-0.2, 0) is 7.05 Å². The van der Waals surface area contributed by atoms with Crippen LogP contribution >= 0.6 is 11.6 Å². The molecule has 2 aromatic heterocycles. The van der Waals surface area contributed by atoms with Gasteiger partial charge in [0.1, 0.15) is 0 Å². The van der Waals surface area contributed by atoms with Crippen LogP contribution in [0.5, 0.6) is 0 Å². The summed E-state index contributed by atoms with van der Waals surface area (Å²) < 4.78 is 1.67. The van der Waals surface area contributed by atoms with E-state index in [1.165, 1.54) is 6.20 Å². The highest BCUT2D eigenvalue weighted by molar-refractivity contribution is 6.31. The van der Waals surface area contributed by atoms with Crippen LogP contribution in [0.3, 0.4) is 0 Å². The van der Waals surface area contributed by atoms with E-state index in [2.05, 4.69) is 20.7 Å². The molecule has 0 saturated carbocycles. The fourth-order valence-corrected chi connectivity index (χ4v) is 2.95. The van der Waals surface area contributed by atoms with Crippen molar-refractivity contribution in [3.8, 4) is 0 Å². The molecule has 0 saturated heterocycles. The van der Waals surface area contributed by atoms with Gasteiger partial charge in [-0.1, -0.05) is 18.5 Å². The first-order chi connectivity index (χ1) is 12.9. The summed E-state index contributed by atoms with van der Waals surface area (Å²) in [5.41, 5.74) is 2.57. The minimum absolute atomic E-state index is 0.263. The van der Waals surface area contributed by atoms with Gasteiger partial charge in [0.25, 0.3) is 11.8 Å². The van der Waals surface area contributed by atoms with Crippen LogP contribution < -0.4 is 10.6 Å². The lowest BCUT2D eigenvalue weighted by Crippen LogP contribution is -2.25. The molecule has 8 heteroatoms. The van der Waals surface area contributed by atoms with Crippen molar-refractivity contribution >= 4 is 40.1 Å². The van der Waals surface area contributed by atoms with Crippen molar-refractivity contribution in [1.82, 2.24) is 20.1 Å². The highest BCUT2D eigenvalue weighted by Crippen LogP contribution is 2.23. The molecular weight excluding hydrogens is 366 g/mol. The molecule has 7 nitrogen and oxygen atoms in total. The monoisotopic (exact) mass is 385 g/mol. The van der Waals surface area contributed by atoms with Gasteiger partial charge in [0.2, 0.25) is 0 Å².